The average molecular weight is 520 g/mol. The number of amides is 5. The predicted octanol–water partition coefficient (Wildman–Crippen LogP) is 4.34. The Balaban J connectivity index is 1.60. The van der Waals surface area contributed by atoms with Gasteiger partial charge in [-0.05, 0) is 61.0 Å². The molecule has 0 aromatic heterocycles. The second kappa shape index (κ2) is 11.0. The molecule has 9 nitrogen and oxygen atoms in total. The van der Waals surface area contributed by atoms with E-state index in [0.29, 0.717) is 22.0 Å². The van der Waals surface area contributed by atoms with Crippen LogP contribution >= 0.6 is 11.6 Å². The summed E-state index contributed by atoms with van der Waals surface area (Å²) in [5.41, 5.74) is 1.83. The lowest BCUT2D eigenvalue weighted by Gasteiger charge is -2.26. The molecule has 4 rings (SSSR count). The Kier molecular flexibility index (Phi) is 7.55. The number of nitrogens with zero attached hydrogens (tertiary/aromatic N) is 1. The number of carbonyl (C=O) groups excluding carboxylic acids is 4. The maximum atomic E-state index is 13.2. The lowest BCUT2D eigenvalue weighted by Crippen LogP contribution is -2.54. The van der Waals surface area contributed by atoms with E-state index in [1.165, 1.54) is 31.4 Å². The van der Waals surface area contributed by atoms with Gasteiger partial charge < -0.3 is 14.8 Å². The van der Waals surface area contributed by atoms with E-state index in [9.17, 15) is 19.2 Å². The molecule has 1 heterocycles. The van der Waals surface area contributed by atoms with E-state index in [4.69, 9.17) is 21.1 Å². The van der Waals surface area contributed by atoms with E-state index >= 15 is 0 Å². The summed E-state index contributed by atoms with van der Waals surface area (Å²) in [5.74, 6) is -1.48. The molecule has 0 spiro atoms. The summed E-state index contributed by atoms with van der Waals surface area (Å²) in [5, 5.41) is 5.22. The molecule has 0 saturated carbocycles. The smallest absolute Gasteiger partial charge is 0.335 e. The summed E-state index contributed by atoms with van der Waals surface area (Å²) in [7, 11) is 1.47. The highest BCUT2D eigenvalue weighted by atomic mass is 35.5. The number of anilines is 2. The lowest BCUT2D eigenvalue weighted by molar-refractivity contribution is -0.122. The van der Waals surface area contributed by atoms with Gasteiger partial charge >= 0.3 is 6.03 Å². The highest BCUT2D eigenvalue weighted by Gasteiger charge is 2.37. The second-order valence-corrected chi connectivity index (χ2v) is 8.48. The van der Waals surface area contributed by atoms with Crippen LogP contribution in [0.25, 0.3) is 6.08 Å². The molecule has 1 saturated heterocycles. The molecule has 0 atom stereocenters. The standard InChI is InChI=1S/C27H22ClN3O6/c1-16-5-3-7-19(11-16)29-24(32)15-37-23-14-21(36-2)10-9-17(23)12-22-25(33)30-27(35)31(26(22)34)20-8-4-6-18(28)13-20/h3-14H,15H2,1-2H3,(H,29,32)(H,30,33,35)/b22-12+. The molecule has 3 aromatic carbocycles. The number of rotatable bonds is 7. The summed E-state index contributed by atoms with van der Waals surface area (Å²) >= 11 is 6.01. The zero-order valence-corrected chi connectivity index (χ0v) is 20.7. The Bertz CT molecular complexity index is 1440. The van der Waals surface area contributed by atoms with Gasteiger partial charge in [-0.1, -0.05) is 29.8 Å². The van der Waals surface area contributed by atoms with E-state index in [1.807, 2.05) is 25.1 Å². The van der Waals surface area contributed by atoms with Crippen molar-refractivity contribution in [3.05, 3.63) is 88.5 Å². The first-order valence-electron chi connectivity index (χ1n) is 11.1. The van der Waals surface area contributed by atoms with Crippen molar-refractivity contribution in [2.24, 2.45) is 0 Å². The zero-order chi connectivity index (χ0) is 26.5. The van der Waals surface area contributed by atoms with Gasteiger partial charge in [0.25, 0.3) is 17.7 Å². The van der Waals surface area contributed by atoms with Crippen LogP contribution in [0.5, 0.6) is 11.5 Å². The largest absolute Gasteiger partial charge is 0.497 e. The van der Waals surface area contributed by atoms with Crippen molar-refractivity contribution in [3.8, 4) is 11.5 Å². The molecule has 1 aliphatic rings. The first-order chi connectivity index (χ1) is 17.7. The maximum Gasteiger partial charge on any atom is 0.335 e. The van der Waals surface area contributed by atoms with Gasteiger partial charge in [-0.25, -0.2) is 9.69 Å². The molecule has 0 bridgehead atoms. The van der Waals surface area contributed by atoms with Crippen LogP contribution < -0.4 is 25.0 Å². The molecule has 10 heteroatoms. The number of ether oxygens (including phenoxy) is 2. The first-order valence-corrected chi connectivity index (χ1v) is 11.5. The first kappa shape index (κ1) is 25.5. The van der Waals surface area contributed by atoms with Gasteiger partial charge in [0.2, 0.25) is 0 Å². The van der Waals surface area contributed by atoms with E-state index in [0.717, 1.165) is 10.5 Å². The number of imide groups is 2. The van der Waals surface area contributed by atoms with Crippen molar-refractivity contribution < 1.29 is 28.7 Å². The van der Waals surface area contributed by atoms with Crippen LogP contribution in [-0.2, 0) is 14.4 Å². The Morgan fingerprint density at radius 3 is 2.57 bits per heavy atom. The number of hydrogen-bond donors (Lipinski definition) is 2. The van der Waals surface area contributed by atoms with Crippen molar-refractivity contribution in [2.75, 3.05) is 23.9 Å². The van der Waals surface area contributed by atoms with Gasteiger partial charge in [0, 0.05) is 22.3 Å². The molecular weight excluding hydrogens is 498 g/mol. The van der Waals surface area contributed by atoms with E-state index in [2.05, 4.69) is 10.6 Å². The summed E-state index contributed by atoms with van der Waals surface area (Å²) in [6, 6.07) is 17.2. The van der Waals surface area contributed by atoms with Crippen molar-refractivity contribution in [1.29, 1.82) is 0 Å². The fourth-order valence-electron chi connectivity index (χ4n) is 3.61. The molecule has 0 radical (unpaired) electrons. The number of urea groups is 1. The Hall–Kier alpha value is -4.63. The molecule has 5 amide bonds. The molecule has 0 aliphatic carbocycles. The van der Waals surface area contributed by atoms with Gasteiger partial charge in [-0.3, -0.25) is 19.7 Å². The van der Waals surface area contributed by atoms with Crippen LogP contribution in [-0.4, -0.2) is 37.5 Å². The van der Waals surface area contributed by atoms with Crippen molar-refractivity contribution in [2.45, 2.75) is 6.92 Å². The average Bonchev–Trinajstić information content (AvgIpc) is 2.85. The second-order valence-electron chi connectivity index (χ2n) is 8.05. The van der Waals surface area contributed by atoms with E-state index in [-0.39, 0.29) is 23.6 Å². The van der Waals surface area contributed by atoms with Crippen LogP contribution in [0.2, 0.25) is 5.02 Å². The van der Waals surface area contributed by atoms with Crippen molar-refractivity contribution in [1.82, 2.24) is 5.32 Å². The number of aryl methyl sites for hydroxylation is 1. The van der Waals surface area contributed by atoms with Crippen LogP contribution in [0.3, 0.4) is 0 Å². The zero-order valence-electron chi connectivity index (χ0n) is 19.9. The third-order valence-corrected chi connectivity index (χ3v) is 5.58. The highest BCUT2D eigenvalue weighted by molar-refractivity contribution is 6.39. The molecule has 1 fully saturated rings. The van der Waals surface area contributed by atoms with Gasteiger partial charge in [0.1, 0.15) is 17.1 Å². The van der Waals surface area contributed by atoms with Crippen molar-refractivity contribution >= 4 is 52.8 Å². The molecule has 37 heavy (non-hydrogen) atoms. The van der Waals surface area contributed by atoms with E-state index in [1.54, 1.807) is 30.3 Å². The number of halogens is 1. The molecule has 0 unspecified atom stereocenters. The lowest BCUT2D eigenvalue weighted by atomic mass is 10.1. The normalized spacial score (nSPS) is 14.4. The van der Waals surface area contributed by atoms with Gasteiger partial charge in [-0.15, -0.1) is 0 Å². The van der Waals surface area contributed by atoms with Crippen LogP contribution in [0, 0.1) is 6.92 Å². The van der Waals surface area contributed by atoms with Gasteiger partial charge in [-0.2, -0.15) is 0 Å². The molecule has 188 valence electrons. The summed E-state index contributed by atoms with van der Waals surface area (Å²) in [4.78, 5) is 51.5. The third-order valence-electron chi connectivity index (χ3n) is 5.35. The quantitative estimate of drug-likeness (QED) is 0.354. The minimum Gasteiger partial charge on any atom is -0.497 e. The molecular formula is C27H22ClN3O6. The van der Waals surface area contributed by atoms with Gasteiger partial charge in [0.15, 0.2) is 6.61 Å². The van der Waals surface area contributed by atoms with E-state index < -0.39 is 23.8 Å². The Morgan fingerprint density at radius 2 is 1.84 bits per heavy atom. The SMILES string of the molecule is COc1ccc(/C=C2\C(=O)NC(=O)N(c3cccc(Cl)c3)C2=O)c(OCC(=O)Nc2cccc(C)c2)c1. The maximum absolute atomic E-state index is 13.2. The number of barbiturate groups is 1. The monoisotopic (exact) mass is 519 g/mol. The van der Waals surface area contributed by atoms with Gasteiger partial charge in [0.05, 0.1) is 12.8 Å². The third kappa shape index (κ3) is 5.96. The summed E-state index contributed by atoms with van der Waals surface area (Å²) < 4.78 is 11.0. The number of methoxy groups -OCH3 is 1. The predicted molar refractivity (Wildman–Crippen MR) is 139 cm³/mol. The van der Waals surface area contributed by atoms with Crippen LogP contribution in [0.4, 0.5) is 16.2 Å². The minimum absolute atomic E-state index is 0.193. The minimum atomic E-state index is -0.895. The number of carbonyl (C=O) groups is 4. The fourth-order valence-corrected chi connectivity index (χ4v) is 3.80. The van der Waals surface area contributed by atoms with Crippen LogP contribution in [0.1, 0.15) is 11.1 Å². The number of benzene rings is 3. The molecule has 1 aliphatic heterocycles. The number of hydrogen-bond acceptors (Lipinski definition) is 6. The fraction of sp³-hybridized carbons (Fsp3) is 0.111. The Morgan fingerprint density at radius 1 is 1.05 bits per heavy atom. The number of nitrogens with one attached hydrogen (secondary N) is 2. The molecule has 2 N–H and O–H groups in total. The Labute approximate surface area is 217 Å². The highest BCUT2D eigenvalue weighted by Crippen LogP contribution is 2.29. The molecule has 3 aromatic rings. The van der Waals surface area contributed by atoms with Crippen LogP contribution in [0.15, 0.2) is 72.3 Å². The summed E-state index contributed by atoms with van der Waals surface area (Å²) in [6.07, 6.45) is 1.29. The summed E-state index contributed by atoms with van der Waals surface area (Å²) in [6.45, 7) is 1.57. The van der Waals surface area contributed by atoms with Crippen molar-refractivity contribution in [3.63, 3.8) is 0 Å². The topological polar surface area (TPSA) is 114 Å².